The van der Waals surface area contributed by atoms with Crippen LogP contribution < -0.4 is 4.74 Å². The maximum absolute atomic E-state index is 12.9. The molecule has 1 amide bonds. The van der Waals surface area contributed by atoms with Crippen molar-refractivity contribution in [3.63, 3.8) is 0 Å². The van der Waals surface area contributed by atoms with Gasteiger partial charge in [-0.1, -0.05) is 0 Å². The lowest BCUT2D eigenvalue weighted by atomic mass is 10.0. The first-order valence-electron chi connectivity index (χ1n) is 9.85. The lowest BCUT2D eigenvalue weighted by Crippen LogP contribution is -2.31. The highest BCUT2D eigenvalue weighted by Crippen LogP contribution is 2.29. The molecule has 0 radical (unpaired) electrons. The average Bonchev–Trinajstić information content (AvgIpc) is 3.02. The van der Waals surface area contributed by atoms with Crippen molar-refractivity contribution in [3.05, 3.63) is 47.3 Å². The van der Waals surface area contributed by atoms with Gasteiger partial charge in [0.15, 0.2) is 5.65 Å². The fourth-order valence-corrected chi connectivity index (χ4v) is 3.47. The number of benzene rings is 1. The number of rotatable bonds is 7. The van der Waals surface area contributed by atoms with Gasteiger partial charge in [0.1, 0.15) is 5.75 Å². The largest absolute Gasteiger partial charge is 0.494 e. The molecule has 0 aliphatic carbocycles. The molecule has 1 aromatic carbocycles. The maximum Gasteiger partial charge on any atom is 0.227 e. The molecular weight excluding hydrogens is 352 g/mol. The number of aryl methyl sites for hydroxylation is 2. The SMILES string of the molecule is CCOc1ccc(-c2nn3c(C)cc(C)nc3c2CC(=O)N(CC)CC)cc1. The standard InChI is InChI=1S/C22H28N4O2/c1-6-25(7-2)20(27)14-19-21(17-9-11-18(12-10-17)28-8-3)24-26-16(5)13-15(4)23-22(19)26/h9-13H,6-8,14H2,1-5H3. The van der Waals surface area contributed by atoms with E-state index >= 15 is 0 Å². The second kappa shape index (κ2) is 8.42. The summed E-state index contributed by atoms with van der Waals surface area (Å²) in [5.74, 6) is 0.911. The third kappa shape index (κ3) is 3.86. The van der Waals surface area contributed by atoms with E-state index in [0.29, 0.717) is 19.7 Å². The summed E-state index contributed by atoms with van der Waals surface area (Å²) in [7, 11) is 0. The Kier molecular flexibility index (Phi) is 5.97. The van der Waals surface area contributed by atoms with Crippen LogP contribution in [0, 0.1) is 13.8 Å². The van der Waals surface area contributed by atoms with Crippen LogP contribution in [0.15, 0.2) is 30.3 Å². The zero-order valence-electron chi connectivity index (χ0n) is 17.3. The second-order valence-corrected chi connectivity index (χ2v) is 6.80. The van der Waals surface area contributed by atoms with Crippen molar-refractivity contribution in [2.75, 3.05) is 19.7 Å². The van der Waals surface area contributed by atoms with E-state index in [2.05, 4.69) is 0 Å². The van der Waals surface area contributed by atoms with Crippen LogP contribution in [0.4, 0.5) is 0 Å². The molecule has 148 valence electrons. The van der Waals surface area contributed by atoms with Crippen LogP contribution in [0.5, 0.6) is 5.75 Å². The first-order valence-corrected chi connectivity index (χ1v) is 9.85. The van der Waals surface area contributed by atoms with Crippen molar-refractivity contribution >= 4 is 11.6 Å². The highest BCUT2D eigenvalue weighted by molar-refractivity contribution is 5.84. The first-order chi connectivity index (χ1) is 13.5. The van der Waals surface area contributed by atoms with E-state index in [1.54, 1.807) is 0 Å². The Bertz CT molecular complexity index is 972. The van der Waals surface area contributed by atoms with E-state index in [0.717, 1.165) is 39.6 Å². The van der Waals surface area contributed by atoms with E-state index in [4.69, 9.17) is 14.8 Å². The topological polar surface area (TPSA) is 59.7 Å². The Balaban J connectivity index is 2.12. The highest BCUT2D eigenvalue weighted by Gasteiger charge is 2.21. The van der Waals surface area contributed by atoms with E-state index in [1.165, 1.54) is 0 Å². The molecule has 0 atom stereocenters. The number of nitrogens with zero attached hydrogens (tertiary/aromatic N) is 4. The Labute approximate surface area is 166 Å². The summed E-state index contributed by atoms with van der Waals surface area (Å²) >= 11 is 0. The molecule has 0 N–H and O–H groups in total. The summed E-state index contributed by atoms with van der Waals surface area (Å²) in [5, 5.41) is 4.81. The van der Waals surface area contributed by atoms with Crippen molar-refractivity contribution in [2.45, 2.75) is 41.0 Å². The summed E-state index contributed by atoms with van der Waals surface area (Å²) in [5.41, 5.74) is 5.28. The van der Waals surface area contributed by atoms with Gasteiger partial charge in [0.05, 0.1) is 18.7 Å². The van der Waals surface area contributed by atoms with E-state index in [-0.39, 0.29) is 12.3 Å². The number of hydrogen-bond donors (Lipinski definition) is 0. The summed E-state index contributed by atoms with van der Waals surface area (Å²) < 4.78 is 7.38. The second-order valence-electron chi connectivity index (χ2n) is 6.80. The van der Waals surface area contributed by atoms with Gasteiger partial charge in [-0.3, -0.25) is 4.79 Å². The molecule has 6 heteroatoms. The predicted octanol–water partition coefficient (Wildman–Crippen LogP) is 3.82. The molecule has 0 saturated carbocycles. The number of hydrogen-bond acceptors (Lipinski definition) is 4. The Morgan fingerprint density at radius 1 is 1.11 bits per heavy atom. The number of amides is 1. The van der Waals surface area contributed by atoms with Crippen LogP contribution in [0.1, 0.15) is 37.7 Å². The van der Waals surface area contributed by atoms with Gasteiger partial charge in [0.2, 0.25) is 5.91 Å². The van der Waals surface area contributed by atoms with Crippen molar-refractivity contribution in [2.24, 2.45) is 0 Å². The van der Waals surface area contributed by atoms with Gasteiger partial charge >= 0.3 is 0 Å². The average molecular weight is 380 g/mol. The van der Waals surface area contributed by atoms with Gasteiger partial charge in [-0.25, -0.2) is 9.50 Å². The smallest absolute Gasteiger partial charge is 0.227 e. The van der Waals surface area contributed by atoms with Gasteiger partial charge in [-0.05, 0) is 65.0 Å². The molecule has 3 aromatic rings. The molecule has 2 heterocycles. The van der Waals surface area contributed by atoms with Crippen molar-refractivity contribution in [1.29, 1.82) is 0 Å². The highest BCUT2D eigenvalue weighted by atomic mass is 16.5. The molecule has 0 unspecified atom stereocenters. The van der Waals surface area contributed by atoms with Crippen LogP contribution in [0.3, 0.4) is 0 Å². The predicted molar refractivity (Wildman–Crippen MR) is 111 cm³/mol. The molecule has 28 heavy (non-hydrogen) atoms. The number of carbonyl (C=O) groups excluding carboxylic acids is 1. The zero-order valence-corrected chi connectivity index (χ0v) is 17.3. The molecule has 3 rings (SSSR count). The fourth-order valence-electron chi connectivity index (χ4n) is 3.47. The third-order valence-electron chi connectivity index (χ3n) is 4.87. The summed E-state index contributed by atoms with van der Waals surface area (Å²) in [6, 6.07) is 9.84. The van der Waals surface area contributed by atoms with Crippen LogP contribution in [0.25, 0.3) is 16.9 Å². The van der Waals surface area contributed by atoms with Crippen molar-refractivity contribution in [3.8, 4) is 17.0 Å². The van der Waals surface area contributed by atoms with Gasteiger partial charge in [-0.15, -0.1) is 0 Å². The number of ether oxygens (including phenoxy) is 1. The molecule has 0 saturated heterocycles. The molecule has 2 aromatic heterocycles. The minimum atomic E-state index is 0.0908. The van der Waals surface area contributed by atoms with Crippen molar-refractivity contribution in [1.82, 2.24) is 19.5 Å². The molecule has 0 aliphatic rings. The van der Waals surface area contributed by atoms with Crippen LogP contribution in [-0.4, -0.2) is 45.1 Å². The maximum atomic E-state index is 12.9. The Morgan fingerprint density at radius 2 is 1.79 bits per heavy atom. The fraction of sp³-hybridized carbons (Fsp3) is 0.409. The zero-order chi connectivity index (χ0) is 20.3. The van der Waals surface area contributed by atoms with Crippen molar-refractivity contribution < 1.29 is 9.53 Å². The van der Waals surface area contributed by atoms with E-state index in [9.17, 15) is 4.79 Å². The molecule has 6 nitrogen and oxygen atoms in total. The number of aromatic nitrogens is 3. The number of fused-ring (bicyclic) bond motifs is 1. The Morgan fingerprint density at radius 3 is 2.39 bits per heavy atom. The summed E-state index contributed by atoms with van der Waals surface area (Å²) in [4.78, 5) is 19.4. The summed E-state index contributed by atoms with van der Waals surface area (Å²) in [6.45, 7) is 11.9. The summed E-state index contributed by atoms with van der Waals surface area (Å²) in [6.07, 6.45) is 0.281. The van der Waals surface area contributed by atoms with E-state index < -0.39 is 0 Å². The lowest BCUT2D eigenvalue weighted by Gasteiger charge is -2.18. The number of carbonyl (C=O) groups is 1. The Hall–Kier alpha value is -2.89. The normalized spacial score (nSPS) is 11.0. The van der Waals surface area contributed by atoms with E-state index in [1.807, 2.05) is 74.4 Å². The third-order valence-corrected chi connectivity index (χ3v) is 4.87. The van der Waals surface area contributed by atoms with Gasteiger partial charge < -0.3 is 9.64 Å². The minimum Gasteiger partial charge on any atom is -0.494 e. The van der Waals surface area contributed by atoms with Gasteiger partial charge in [0, 0.05) is 35.6 Å². The minimum absolute atomic E-state index is 0.0908. The monoisotopic (exact) mass is 380 g/mol. The molecule has 0 fully saturated rings. The molecule has 0 spiro atoms. The van der Waals surface area contributed by atoms with Gasteiger partial charge in [-0.2, -0.15) is 5.10 Å². The first kappa shape index (κ1) is 19.9. The van der Waals surface area contributed by atoms with Crippen LogP contribution >= 0.6 is 0 Å². The lowest BCUT2D eigenvalue weighted by molar-refractivity contribution is -0.130. The molecule has 0 aliphatic heterocycles. The van der Waals surface area contributed by atoms with Crippen LogP contribution in [0.2, 0.25) is 0 Å². The molecule has 0 bridgehead atoms. The van der Waals surface area contributed by atoms with Crippen LogP contribution in [-0.2, 0) is 11.2 Å². The molecular formula is C22H28N4O2. The quantitative estimate of drug-likeness (QED) is 0.625. The number of likely N-dealkylation sites (N-methyl/N-ethyl adjacent to an activating group) is 1. The van der Waals surface area contributed by atoms with Gasteiger partial charge in [0.25, 0.3) is 0 Å².